The molecule has 1 saturated heterocycles. The Morgan fingerprint density at radius 3 is 3.18 bits per heavy atom. The van der Waals surface area contributed by atoms with Crippen LogP contribution >= 0.6 is 11.6 Å². The van der Waals surface area contributed by atoms with E-state index in [0.29, 0.717) is 10.8 Å². The maximum absolute atomic E-state index is 5.98. The molecule has 1 aliphatic heterocycles. The predicted molar refractivity (Wildman–Crippen MR) is 69.1 cm³/mol. The summed E-state index contributed by atoms with van der Waals surface area (Å²) in [6.45, 7) is 3.74. The molecule has 0 amide bonds. The van der Waals surface area contributed by atoms with Crippen LogP contribution in [-0.2, 0) is 4.74 Å². The molecule has 17 heavy (non-hydrogen) atoms. The molecule has 1 fully saturated rings. The summed E-state index contributed by atoms with van der Waals surface area (Å²) in [5, 5.41) is 4.01. The van der Waals surface area contributed by atoms with E-state index in [1.54, 1.807) is 6.20 Å². The lowest BCUT2D eigenvalue weighted by molar-refractivity contribution is 0.0789. The number of rotatable bonds is 4. The molecule has 2 atom stereocenters. The van der Waals surface area contributed by atoms with Crippen molar-refractivity contribution in [2.75, 3.05) is 18.9 Å². The van der Waals surface area contributed by atoms with Crippen molar-refractivity contribution in [3.63, 3.8) is 0 Å². The number of halogens is 1. The molecule has 2 rings (SSSR count). The highest BCUT2D eigenvalue weighted by molar-refractivity contribution is 6.30. The SMILES string of the molecule is CCNC(c1cc(Cl)cnc1N)C1CCCO1. The largest absolute Gasteiger partial charge is 0.383 e. The first-order valence-corrected chi connectivity index (χ1v) is 6.36. The van der Waals surface area contributed by atoms with Crippen LogP contribution in [0.25, 0.3) is 0 Å². The van der Waals surface area contributed by atoms with Gasteiger partial charge in [-0.1, -0.05) is 18.5 Å². The van der Waals surface area contributed by atoms with E-state index in [9.17, 15) is 0 Å². The number of anilines is 1. The number of aromatic nitrogens is 1. The number of likely N-dealkylation sites (N-methyl/N-ethyl adjacent to an activating group) is 1. The summed E-state index contributed by atoms with van der Waals surface area (Å²) in [7, 11) is 0. The third-order valence-electron chi connectivity index (χ3n) is 3.01. The maximum Gasteiger partial charge on any atom is 0.128 e. The predicted octanol–water partition coefficient (Wildman–Crippen LogP) is 2.15. The van der Waals surface area contributed by atoms with E-state index in [4.69, 9.17) is 22.1 Å². The number of nitrogens with one attached hydrogen (secondary N) is 1. The number of nitrogen functional groups attached to an aromatic ring is 1. The fourth-order valence-corrected chi connectivity index (χ4v) is 2.41. The zero-order chi connectivity index (χ0) is 12.3. The standard InChI is InChI=1S/C12H18ClN3O/c1-2-15-11(10-4-3-5-17-10)9-6-8(13)7-16-12(9)14/h6-7,10-11,15H,2-5H2,1H3,(H2,14,16). The summed E-state index contributed by atoms with van der Waals surface area (Å²) in [4.78, 5) is 4.10. The van der Waals surface area contributed by atoms with Crippen LogP contribution in [0.15, 0.2) is 12.3 Å². The van der Waals surface area contributed by atoms with Gasteiger partial charge in [0.15, 0.2) is 0 Å². The fourth-order valence-electron chi connectivity index (χ4n) is 2.24. The molecule has 1 aromatic heterocycles. The van der Waals surface area contributed by atoms with Gasteiger partial charge in [-0.3, -0.25) is 0 Å². The van der Waals surface area contributed by atoms with Gasteiger partial charge in [-0.2, -0.15) is 0 Å². The summed E-state index contributed by atoms with van der Waals surface area (Å²) in [6, 6.07) is 1.95. The van der Waals surface area contributed by atoms with Gasteiger partial charge in [-0.05, 0) is 25.5 Å². The minimum absolute atomic E-state index is 0.0775. The van der Waals surface area contributed by atoms with E-state index < -0.39 is 0 Å². The van der Waals surface area contributed by atoms with Crippen molar-refractivity contribution in [2.45, 2.75) is 31.9 Å². The second-order valence-corrected chi connectivity index (χ2v) is 4.65. The van der Waals surface area contributed by atoms with Crippen molar-refractivity contribution in [1.29, 1.82) is 0 Å². The van der Waals surface area contributed by atoms with Gasteiger partial charge in [-0.25, -0.2) is 4.98 Å². The maximum atomic E-state index is 5.98. The quantitative estimate of drug-likeness (QED) is 0.866. The van der Waals surface area contributed by atoms with E-state index in [1.807, 2.05) is 6.07 Å². The van der Waals surface area contributed by atoms with Gasteiger partial charge < -0.3 is 15.8 Å². The number of ether oxygens (including phenoxy) is 1. The molecule has 4 nitrogen and oxygen atoms in total. The van der Waals surface area contributed by atoms with Crippen LogP contribution in [0.2, 0.25) is 5.02 Å². The van der Waals surface area contributed by atoms with E-state index in [2.05, 4.69) is 17.2 Å². The minimum atomic E-state index is 0.0775. The van der Waals surface area contributed by atoms with Crippen LogP contribution in [0.3, 0.4) is 0 Å². The number of nitrogens with zero attached hydrogens (tertiary/aromatic N) is 1. The Morgan fingerprint density at radius 2 is 2.53 bits per heavy atom. The summed E-state index contributed by atoms with van der Waals surface area (Å²) >= 11 is 5.98. The second-order valence-electron chi connectivity index (χ2n) is 4.21. The van der Waals surface area contributed by atoms with E-state index >= 15 is 0 Å². The molecule has 5 heteroatoms. The molecule has 0 saturated carbocycles. The Labute approximate surface area is 107 Å². The number of nitrogens with two attached hydrogens (primary N) is 1. The van der Waals surface area contributed by atoms with Gasteiger partial charge in [0, 0.05) is 18.4 Å². The average Bonchev–Trinajstić information content (AvgIpc) is 2.83. The molecular formula is C12H18ClN3O. The van der Waals surface area contributed by atoms with Gasteiger partial charge in [0.25, 0.3) is 0 Å². The molecule has 2 unspecified atom stereocenters. The molecule has 2 heterocycles. The Kier molecular flexibility index (Phi) is 4.20. The first kappa shape index (κ1) is 12.6. The third kappa shape index (κ3) is 2.89. The van der Waals surface area contributed by atoms with Crippen LogP contribution in [0, 0.1) is 0 Å². The highest BCUT2D eigenvalue weighted by atomic mass is 35.5. The van der Waals surface area contributed by atoms with Crippen molar-refractivity contribution in [3.8, 4) is 0 Å². The molecule has 0 spiro atoms. The lowest BCUT2D eigenvalue weighted by atomic mass is 10.00. The summed E-state index contributed by atoms with van der Waals surface area (Å²) in [6.07, 6.45) is 3.88. The van der Waals surface area contributed by atoms with Crippen molar-refractivity contribution in [3.05, 3.63) is 22.8 Å². The van der Waals surface area contributed by atoms with E-state index in [0.717, 1.165) is 31.6 Å². The van der Waals surface area contributed by atoms with Crippen LogP contribution in [0.5, 0.6) is 0 Å². The summed E-state index contributed by atoms with van der Waals surface area (Å²) < 4.78 is 5.73. The second kappa shape index (κ2) is 5.67. The Balaban J connectivity index is 2.27. The molecule has 1 aliphatic rings. The lowest BCUT2D eigenvalue weighted by Gasteiger charge is -2.25. The zero-order valence-electron chi connectivity index (χ0n) is 9.95. The average molecular weight is 256 g/mol. The molecular weight excluding hydrogens is 238 g/mol. The smallest absolute Gasteiger partial charge is 0.128 e. The van der Waals surface area contributed by atoms with Crippen LogP contribution in [0.1, 0.15) is 31.4 Å². The molecule has 0 aromatic carbocycles. The van der Waals surface area contributed by atoms with Gasteiger partial charge in [-0.15, -0.1) is 0 Å². The summed E-state index contributed by atoms with van der Waals surface area (Å²) in [5.41, 5.74) is 6.86. The van der Waals surface area contributed by atoms with Crippen LogP contribution in [-0.4, -0.2) is 24.2 Å². The Bertz CT molecular complexity index is 380. The van der Waals surface area contributed by atoms with Crippen molar-refractivity contribution >= 4 is 17.4 Å². The Hall–Kier alpha value is -0.840. The topological polar surface area (TPSA) is 60.2 Å². The monoisotopic (exact) mass is 255 g/mol. The van der Waals surface area contributed by atoms with Crippen LogP contribution in [0.4, 0.5) is 5.82 Å². The van der Waals surface area contributed by atoms with Gasteiger partial charge in [0.2, 0.25) is 0 Å². The first-order valence-electron chi connectivity index (χ1n) is 5.98. The zero-order valence-corrected chi connectivity index (χ0v) is 10.7. The number of hydrogen-bond acceptors (Lipinski definition) is 4. The minimum Gasteiger partial charge on any atom is -0.383 e. The van der Waals surface area contributed by atoms with E-state index in [1.165, 1.54) is 0 Å². The molecule has 1 aromatic rings. The van der Waals surface area contributed by atoms with Gasteiger partial charge >= 0.3 is 0 Å². The third-order valence-corrected chi connectivity index (χ3v) is 3.22. The lowest BCUT2D eigenvalue weighted by Crippen LogP contribution is -2.32. The number of hydrogen-bond donors (Lipinski definition) is 2. The molecule has 3 N–H and O–H groups in total. The molecule has 94 valence electrons. The first-order chi connectivity index (χ1) is 8.22. The molecule has 0 bridgehead atoms. The van der Waals surface area contributed by atoms with E-state index in [-0.39, 0.29) is 12.1 Å². The Morgan fingerprint density at radius 1 is 1.71 bits per heavy atom. The van der Waals surface area contributed by atoms with Gasteiger partial charge in [0.1, 0.15) is 5.82 Å². The number of pyridine rings is 1. The highest BCUT2D eigenvalue weighted by Crippen LogP contribution is 2.30. The molecule has 0 aliphatic carbocycles. The van der Waals surface area contributed by atoms with Crippen molar-refractivity contribution < 1.29 is 4.74 Å². The normalized spacial score (nSPS) is 21.6. The van der Waals surface area contributed by atoms with Gasteiger partial charge in [0.05, 0.1) is 17.2 Å². The molecule has 0 radical (unpaired) electrons. The fraction of sp³-hybridized carbons (Fsp3) is 0.583. The van der Waals surface area contributed by atoms with Crippen molar-refractivity contribution in [2.24, 2.45) is 0 Å². The van der Waals surface area contributed by atoms with Crippen molar-refractivity contribution in [1.82, 2.24) is 10.3 Å². The highest BCUT2D eigenvalue weighted by Gasteiger charge is 2.28. The van der Waals surface area contributed by atoms with Crippen LogP contribution < -0.4 is 11.1 Å². The summed E-state index contributed by atoms with van der Waals surface area (Å²) in [5.74, 6) is 0.524.